The van der Waals surface area contributed by atoms with Gasteiger partial charge in [0.2, 0.25) is 15.6 Å². The van der Waals surface area contributed by atoms with Crippen LogP contribution in [0.2, 0.25) is 0 Å². The molecular weight excluding hydrogens is 529 g/mol. The highest BCUT2D eigenvalue weighted by Gasteiger charge is 2.54. The Labute approximate surface area is 185 Å². The summed E-state index contributed by atoms with van der Waals surface area (Å²) in [6, 6.07) is 6.03. The summed E-state index contributed by atoms with van der Waals surface area (Å²) in [4.78, 5) is 0. The van der Waals surface area contributed by atoms with Gasteiger partial charge in [-0.2, -0.15) is 0 Å². The van der Waals surface area contributed by atoms with Crippen LogP contribution in [0.15, 0.2) is 28.8 Å². The number of nitrogens with one attached hydrogen (secondary N) is 1. The zero-order valence-electron chi connectivity index (χ0n) is 16.0. The number of aliphatic hydroxyl groups excluding tert-OH is 1. The molecule has 1 aliphatic carbocycles. The number of halogens is 3. The minimum Gasteiger partial charge on any atom is -0.396 e. The van der Waals surface area contributed by atoms with Crippen LogP contribution in [0.3, 0.4) is 0 Å². The van der Waals surface area contributed by atoms with Gasteiger partial charge in [0.1, 0.15) is 5.82 Å². The first-order valence-electron chi connectivity index (χ1n) is 9.32. The van der Waals surface area contributed by atoms with E-state index in [0.717, 1.165) is 0 Å². The number of sulfonamides is 1. The van der Waals surface area contributed by atoms with Crippen LogP contribution in [0.5, 0.6) is 0 Å². The van der Waals surface area contributed by atoms with Gasteiger partial charge in [-0.3, -0.25) is 4.72 Å². The van der Waals surface area contributed by atoms with Crippen molar-refractivity contribution >= 4 is 49.3 Å². The molecule has 0 bridgehead atoms. The van der Waals surface area contributed by atoms with E-state index in [9.17, 15) is 17.9 Å². The van der Waals surface area contributed by atoms with Crippen LogP contribution < -0.4 is 4.72 Å². The van der Waals surface area contributed by atoms with E-state index in [-0.39, 0.29) is 41.8 Å². The van der Waals surface area contributed by atoms with E-state index in [2.05, 4.69) is 9.88 Å². The predicted molar refractivity (Wildman–Crippen MR) is 117 cm³/mol. The van der Waals surface area contributed by atoms with Gasteiger partial charge in [-0.05, 0) is 72.5 Å². The molecule has 0 saturated heterocycles. The molecule has 4 rings (SSSR count). The number of fused-ring (bicyclic) bond motifs is 1. The summed E-state index contributed by atoms with van der Waals surface area (Å²) in [5.74, 6) is -1.29. The van der Waals surface area contributed by atoms with E-state index < -0.39 is 26.4 Å². The second-order valence-electron chi connectivity index (χ2n) is 7.54. The Morgan fingerprint density at radius 2 is 2.03 bits per heavy atom. The maximum atomic E-state index is 15.3. The Morgan fingerprint density at radius 3 is 2.67 bits per heavy atom. The highest BCUT2D eigenvalue weighted by atomic mass is 127. The highest BCUT2D eigenvalue weighted by molar-refractivity contribution is 14.1. The molecule has 10 heteroatoms. The Balaban J connectivity index is 1.83. The number of aliphatic hydroxyl groups is 1. The van der Waals surface area contributed by atoms with E-state index in [1.807, 2.05) is 22.6 Å². The molecule has 6 nitrogen and oxygen atoms in total. The van der Waals surface area contributed by atoms with Crippen LogP contribution >= 0.6 is 22.6 Å². The van der Waals surface area contributed by atoms with Crippen LogP contribution in [-0.2, 0) is 16.4 Å². The average molecular weight is 548 g/mol. The fraction of sp³-hybridized carbons (Fsp3) is 0.350. The van der Waals surface area contributed by atoms with Crippen molar-refractivity contribution in [1.29, 1.82) is 0 Å². The standard InChI is InChI=1S/C20H19F2IN2O4S/c1-11-14-10-17(25-30(27,28)20(4-5-20)6-7-26)15(18(22)19(14)29-24-11)8-12-2-3-13(23)9-16(12)21/h2-3,9-10,25-26H,4-8H2,1H3. The zero-order chi connectivity index (χ0) is 21.7. The monoisotopic (exact) mass is 548 g/mol. The Hall–Kier alpha value is -1.79. The Kier molecular flexibility index (Phi) is 5.52. The van der Waals surface area contributed by atoms with Gasteiger partial charge in [-0.25, -0.2) is 17.2 Å². The van der Waals surface area contributed by atoms with Gasteiger partial charge in [0.25, 0.3) is 0 Å². The summed E-state index contributed by atoms with van der Waals surface area (Å²) in [7, 11) is -3.90. The molecule has 2 aromatic carbocycles. The fourth-order valence-electron chi connectivity index (χ4n) is 3.56. The van der Waals surface area contributed by atoms with Crippen LogP contribution in [0.4, 0.5) is 14.5 Å². The van der Waals surface area contributed by atoms with Gasteiger partial charge in [-0.15, -0.1) is 0 Å². The SMILES string of the molecule is Cc1noc2c(F)c(Cc3ccc(I)cc3F)c(NS(=O)(=O)C3(CCO)CC3)cc12. The minimum atomic E-state index is -3.90. The maximum Gasteiger partial charge on any atom is 0.238 e. The van der Waals surface area contributed by atoms with Crippen molar-refractivity contribution in [2.75, 3.05) is 11.3 Å². The van der Waals surface area contributed by atoms with Gasteiger partial charge >= 0.3 is 0 Å². The molecule has 1 aliphatic rings. The minimum absolute atomic E-state index is 0.0217. The molecule has 3 aromatic rings. The first kappa shape index (κ1) is 21.4. The van der Waals surface area contributed by atoms with Crippen LogP contribution in [0.25, 0.3) is 11.0 Å². The number of nitrogens with zero attached hydrogens (tertiary/aromatic N) is 1. The first-order valence-corrected chi connectivity index (χ1v) is 11.9. The number of aryl methyl sites for hydroxylation is 1. The van der Waals surface area contributed by atoms with Gasteiger partial charge in [0.15, 0.2) is 5.82 Å². The lowest BCUT2D eigenvalue weighted by atomic mass is 10.0. The first-order chi connectivity index (χ1) is 14.2. The van der Waals surface area contributed by atoms with E-state index in [0.29, 0.717) is 27.5 Å². The normalized spacial score (nSPS) is 15.5. The molecule has 1 heterocycles. The van der Waals surface area contributed by atoms with Crippen molar-refractivity contribution in [3.8, 4) is 0 Å². The van der Waals surface area contributed by atoms with Crippen LogP contribution in [0.1, 0.15) is 36.1 Å². The molecule has 2 N–H and O–H groups in total. The number of aromatic nitrogens is 1. The molecule has 0 radical (unpaired) electrons. The lowest BCUT2D eigenvalue weighted by molar-refractivity contribution is 0.283. The number of hydrogen-bond acceptors (Lipinski definition) is 5. The van der Waals surface area contributed by atoms with Gasteiger partial charge in [0.05, 0.1) is 16.1 Å². The molecule has 0 unspecified atom stereocenters. The third-order valence-electron chi connectivity index (χ3n) is 5.56. The van der Waals surface area contributed by atoms with Crippen molar-refractivity contribution < 1.29 is 26.8 Å². The summed E-state index contributed by atoms with van der Waals surface area (Å²) >= 11 is 1.97. The second-order valence-corrected chi connectivity index (χ2v) is 10.9. The number of anilines is 1. The molecule has 1 aromatic heterocycles. The molecule has 0 atom stereocenters. The van der Waals surface area contributed by atoms with E-state index in [1.54, 1.807) is 19.1 Å². The van der Waals surface area contributed by atoms with E-state index >= 15 is 4.39 Å². The molecule has 1 saturated carbocycles. The molecule has 160 valence electrons. The fourth-order valence-corrected chi connectivity index (χ4v) is 5.70. The number of hydrogen-bond donors (Lipinski definition) is 2. The molecule has 1 fully saturated rings. The zero-order valence-corrected chi connectivity index (χ0v) is 19.0. The van der Waals surface area contributed by atoms with Crippen LogP contribution in [-0.4, -0.2) is 30.0 Å². The third kappa shape index (κ3) is 3.69. The van der Waals surface area contributed by atoms with Crippen molar-refractivity contribution in [2.24, 2.45) is 0 Å². The van der Waals surface area contributed by atoms with Gasteiger partial charge in [0, 0.05) is 27.5 Å². The summed E-state index contributed by atoms with van der Waals surface area (Å²) in [6.45, 7) is 1.36. The summed E-state index contributed by atoms with van der Waals surface area (Å²) in [6.07, 6.45) is 0.761. The quantitative estimate of drug-likeness (QED) is 0.431. The molecule has 0 amide bonds. The highest BCUT2D eigenvalue weighted by Crippen LogP contribution is 2.47. The van der Waals surface area contributed by atoms with E-state index in [1.165, 1.54) is 12.1 Å². The lowest BCUT2D eigenvalue weighted by Gasteiger charge is -2.19. The summed E-state index contributed by atoms with van der Waals surface area (Å²) < 4.78 is 63.0. The topological polar surface area (TPSA) is 92.4 Å². The van der Waals surface area contributed by atoms with Gasteiger partial charge in [-0.1, -0.05) is 11.2 Å². The third-order valence-corrected chi connectivity index (χ3v) is 8.47. The Morgan fingerprint density at radius 1 is 1.30 bits per heavy atom. The predicted octanol–water partition coefficient (Wildman–Crippen LogP) is 4.27. The Bertz CT molecular complexity index is 1240. The largest absolute Gasteiger partial charge is 0.396 e. The molecule has 0 aliphatic heterocycles. The average Bonchev–Trinajstić information content (AvgIpc) is 3.38. The van der Waals surface area contributed by atoms with Crippen molar-refractivity contribution in [3.05, 3.63) is 56.3 Å². The molecular formula is C20H19F2IN2O4S. The van der Waals surface area contributed by atoms with E-state index in [4.69, 9.17) is 4.52 Å². The summed E-state index contributed by atoms with van der Waals surface area (Å²) in [5, 5.41) is 13.4. The second kappa shape index (κ2) is 7.72. The smallest absolute Gasteiger partial charge is 0.238 e. The van der Waals surface area contributed by atoms with Crippen molar-refractivity contribution in [1.82, 2.24) is 5.16 Å². The lowest BCUT2D eigenvalue weighted by Crippen LogP contribution is -2.31. The van der Waals surface area contributed by atoms with Crippen molar-refractivity contribution in [3.63, 3.8) is 0 Å². The molecule has 30 heavy (non-hydrogen) atoms. The maximum absolute atomic E-state index is 15.3. The van der Waals surface area contributed by atoms with Crippen molar-refractivity contribution in [2.45, 2.75) is 37.4 Å². The summed E-state index contributed by atoms with van der Waals surface area (Å²) in [5.41, 5.74) is 0.526. The molecule has 0 spiro atoms. The number of rotatable bonds is 7. The number of benzene rings is 2. The van der Waals surface area contributed by atoms with Crippen LogP contribution in [0, 0.1) is 22.1 Å². The van der Waals surface area contributed by atoms with Gasteiger partial charge < -0.3 is 9.63 Å².